The molecular weight excluding hydrogens is 531 g/mol. The molecule has 3 heterocycles. The predicted octanol–water partition coefficient (Wildman–Crippen LogP) is 9.00. The molecule has 0 bridgehead atoms. The third kappa shape index (κ3) is 4.25. The van der Waals surface area contributed by atoms with E-state index in [1.807, 2.05) is 0 Å². The maximum atomic E-state index is 5.47. The van der Waals surface area contributed by atoms with Gasteiger partial charge in [-0.1, -0.05) is 92.8 Å². The summed E-state index contributed by atoms with van der Waals surface area (Å²) in [5, 5.41) is 1.58. The average Bonchev–Trinajstić information content (AvgIpc) is 3.07. The normalized spacial score (nSPS) is 39.0. The highest BCUT2D eigenvalue weighted by Crippen LogP contribution is 2.63. The van der Waals surface area contributed by atoms with E-state index >= 15 is 0 Å². The highest BCUT2D eigenvalue weighted by atomic mass is 32.2. The van der Waals surface area contributed by atoms with Crippen molar-refractivity contribution in [2.24, 2.45) is 23.7 Å². The lowest BCUT2D eigenvalue weighted by molar-refractivity contribution is -0.143. The van der Waals surface area contributed by atoms with E-state index in [0.717, 1.165) is 69.5 Å². The molecule has 0 spiro atoms. The lowest BCUT2D eigenvalue weighted by atomic mass is 9.51. The van der Waals surface area contributed by atoms with Crippen molar-refractivity contribution in [2.45, 2.75) is 112 Å². The molecule has 6 fully saturated rings. The quantitative estimate of drug-likeness (QED) is 0.312. The summed E-state index contributed by atoms with van der Waals surface area (Å²) < 4.78 is 0. The maximum Gasteiger partial charge on any atom is 0.133 e. The van der Waals surface area contributed by atoms with Crippen molar-refractivity contribution in [1.29, 1.82) is 0 Å². The van der Waals surface area contributed by atoms with Gasteiger partial charge in [0.2, 0.25) is 0 Å². The largest absolute Gasteiger partial charge is 0.292 e. The van der Waals surface area contributed by atoms with Crippen molar-refractivity contribution in [3.63, 3.8) is 0 Å². The van der Waals surface area contributed by atoms with Gasteiger partial charge < -0.3 is 0 Å². The Hall–Kier alpha value is -2.17. The Balaban J connectivity index is 1.17. The van der Waals surface area contributed by atoms with Crippen molar-refractivity contribution in [1.82, 2.24) is 14.9 Å². The van der Waals surface area contributed by atoms with E-state index in [2.05, 4.69) is 83.4 Å². The molecule has 4 saturated carbocycles. The van der Waals surface area contributed by atoms with E-state index in [4.69, 9.17) is 9.97 Å². The molecule has 9 rings (SSSR count). The van der Waals surface area contributed by atoms with E-state index in [1.165, 1.54) is 88.2 Å². The molecule has 3 aromatic rings. The highest BCUT2D eigenvalue weighted by molar-refractivity contribution is 8.00. The van der Waals surface area contributed by atoms with Crippen LogP contribution in [0.25, 0.3) is 22.5 Å². The number of thioether (sulfide) groups is 1. The molecule has 10 atom stereocenters. The fourth-order valence-electron chi connectivity index (χ4n) is 11.0. The van der Waals surface area contributed by atoms with Crippen LogP contribution in [0.2, 0.25) is 0 Å². The third-order valence-corrected chi connectivity index (χ3v) is 14.2. The van der Waals surface area contributed by atoms with Gasteiger partial charge in [0.25, 0.3) is 0 Å². The number of piperidine rings is 1. The zero-order chi connectivity index (χ0) is 27.6. The van der Waals surface area contributed by atoms with Gasteiger partial charge in [-0.15, -0.1) is 0 Å². The summed E-state index contributed by atoms with van der Waals surface area (Å²) in [5.74, 6) is 5.03. The molecule has 3 nitrogen and oxygen atoms in total. The summed E-state index contributed by atoms with van der Waals surface area (Å²) in [5.41, 5.74) is 4.60. The fraction of sp³-hybridized carbons (Fsp3) is 0.579. The number of hydrogen-bond acceptors (Lipinski definition) is 4. The van der Waals surface area contributed by atoms with Crippen LogP contribution in [0.4, 0.5) is 0 Å². The number of rotatable bonds is 3. The van der Waals surface area contributed by atoms with Gasteiger partial charge >= 0.3 is 0 Å². The summed E-state index contributed by atoms with van der Waals surface area (Å²) in [6, 6.07) is 26.4. The Morgan fingerprint density at radius 1 is 0.595 bits per heavy atom. The summed E-state index contributed by atoms with van der Waals surface area (Å²) in [6.07, 6.45) is 17.2. The molecule has 4 aliphatic carbocycles. The Kier molecular flexibility index (Phi) is 6.73. The minimum Gasteiger partial charge on any atom is -0.292 e. The van der Waals surface area contributed by atoms with Gasteiger partial charge in [0.15, 0.2) is 0 Å². The highest BCUT2D eigenvalue weighted by Gasteiger charge is 2.62. The second-order valence-electron chi connectivity index (χ2n) is 14.4. The number of nitrogens with zero attached hydrogens (tertiary/aromatic N) is 3. The van der Waals surface area contributed by atoms with Gasteiger partial charge in [0.05, 0.1) is 11.4 Å². The first kappa shape index (κ1) is 26.3. The van der Waals surface area contributed by atoms with Crippen molar-refractivity contribution in [2.75, 3.05) is 0 Å². The van der Waals surface area contributed by atoms with Crippen LogP contribution in [0, 0.1) is 23.7 Å². The minimum atomic E-state index is 0.472. The maximum absolute atomic E-state index is 5.47. The Morgan fingerprint density at radius 3 is 1.95 bits per heavy atom. The summed E-state index contributed by atoms with van der Waals surface area (Å²) >= 11 is 2.44. The molecule has 218 valence electrons. The third-order valence-electron chi connectivity index (χ3n) is 12.5. The number of hydrogen-bond donors (Lipinski definition) is 0. The standard InChI is InChI=1S/C38H45N3S/c1-3-12-24(13-4-1)30-23-31(25-14-5-2-6-15-25)40-38(39-30)29-22-35-37-36-27(17-11-18-28(29)36)26-16-7-8-19-32(26)41(37)33-20-9-10-21-34(33)42-35/h1-6,12-15,23,26-29,32-37H,7-11,16-22H2. The molecule has 2 aromatic carbocycles. The fourth-order valence-corrected chi connectivity index (χ4v) is 13.1. The zero-order valence-corrected chi connectivity index (χ0v) is 25.7. The van der Waals surface area contributed by atoms with Gasteiger partial charge in [-0.3, -0.25) is 4.90 Å². The number of benzene rings is 2. The first-order valence-corrected chi connectivity index (χ1v) is 18.2. The molecule has 6 aliphatic rings. The SMILES string of the molecule is c1ccc(-c2cc(-c3ccccc3)nc(C3CC4SC5CCCCC5N5C6CCCCC6C6CCCC3C6C45)n2)cc1. The van der Waals surface area contributed by atoms with Crippen molar-refractivity contribution < 1.29 is 0 Å². The minimum absolute atomic E-state index is 0.472. The van der Waals surface area contributed by atoms with E-state index in [1.54, 1.807) is 0 Å². The Labute approximate surface area is 256 Å². The smallest absolute Gasteiger partial charge is 0.133 e. The van der Waals surface area contributed by atoms with E-state index in [9.17, 15) is 0 Å². The van der Waals surface area contributed by atoms with Crippen LogP contribution in [0.1, 0.15) is 88.8 Å². The molecule has 0 radical (unpaired) electrons. The molecule has 42 heavy (non-hydrogen) atoms. The Bertz CT molecular complexity index is 1350. The van der Waals surface area contributed by atoms with Gasteiger partial charge in [-0.05, 0) is 74.7 Å². The second kappa shape index (κ2) is 10.8. The number of fused-ring (bicyclic) bond motifs is 5. The molecule has 0 amide bonds. The van der Waals surface area contributed by atoms with Crippen LogP contribution >= 0.6 is 11.8 Å². The molecule has 4 heteroatoms. The van der Waals surface area contributed by atoms with E-state index in [-0.39, 0.29) is 0 Å². The summed E-state index contributed by atoms with van der Waals surface area (Å²) in [4.78, 5) is 14.2. The van der Waals surface area contributed by atoms with Crippen LogP contribution in [0.5, 0.6) is 0 Å². The van der Waals surface area contributed by atoms with Crippen LogP contribution in [-0.2, 0) is 0 Å². The molecule has 10 unspecified atom stereocenters. The molecule has 0 N–H and O–H groups in total. The molecule has 2 aliphatic heterocycles. The van der Waals surface area contributed by atoms with Gasteiger partial charge in [-0.2, -0.15) is 11.8 Å². The van der Waals surface area contributed by atoms with Crippen LogP contribution in [0.15, 0.2) is 66.7 Å². The molecule has 2 saturated heterocycles. The van der Waals surface area contributed by atoms with Crippen molar-refractivity contribution >= 4 is 11.8 Å². The average molecular weight is 576 g/mol. The first-order chi connectivity index (χ1) is 20.8. The van der Waals surface area contributed by atoms with Crippen LogP contribution in [-0.4, -0.2) is 43.5 Å². The van der Waals surface area contributed by atoms with Gasteiger partial charge in [0, 0.05) is 45.7 Å². The van der Waals surface area contributed by atoms with Gasteiger partial charge in [-0.25, -0.2) is 9.97 Å². The number of aromatic nitrogens is 2. The lowest BCUT2D eigenvalue weighted by Crippen LogP contribution is -2.73. The zero-order valence-electron chi connectivity index (χ0n) is 24.9. The molecular formula is C38H45N3S. The monoisotopic (exact) mass is 575 g/mol. The summed E-state index contributed by atoms with van der Waals surface area (Å²) in [7, 11) is 0. The van der Waals surface area contributed by atoms with Crippen LogP contribution in [0.3, 0.4) is 0 Å². The summed E-state index contributed by atoms with van der Waals surface area (Å²) in [6.45, 7) is 0. The van der Waals surface area contributed by atoms with E-state index in [0.29, 0.717) is 5.92 Å². The van der Waals surface area contributed by atoms with Crippen LogP contribution < -0.4 is 0 Å². The van der Waals surface area contributed by atoms with Crippen molar-refractivity contribution in [3.8, 4) is 22.5 Å². The van der Waals surface area contributed by atoms with Crippen molar-refractivity contribution in [3.05, 3.63) is 72.6 Å². The van der Waals surface area contributed by atoms with Gasteiger partial charge in [0.1, 0.15) is 5.82 Å². The Morgan fingerprint density at radius 2 is 1.21 bits per heavy atom. The topological polar surface area (TPSA) is 29.0 Å². The first-order valence-electron chi connectivity index (χ1n) is 17.3. The predicted molar refractivity (Wildman–Crippen MR) is 173 cm³/mol. The second-order valence-corrected chi connectivity index (χ2v) is 15.9. The molecule has 1 aromatic heterocycles. The van der Waals surface area contributed by atoms with E-state index < -0.39 is 0 Å². The lowest BCUT2D eigenvalue weighted by Gasteiger charge is -2.68.